The maximum absolute atomic E-state index is 13.8. The van der Waals surface area contributed by atoms with E-state index in [9.17, 15) is 4.79 Å². The fourth-order valence-corrected chi connectivity index (χ4v) is 5.35. The van der Waals surface area contributed by atoms with Gasteiger partial charge in [0.05, 0.1) is 18.8 Å². The van der Waals surface area contributed by atoms with Crippen molar-refractivity contribution in [3.05, 3.63) is 136 Å². The van der Waals surface area contributed by atoms with Crippen LogP contribution < -0.4 is 9.47 Å². The molecule has 1 atom stereocenters. The van der Waals surface area contributed by atoms with Gasteiger partial charge in [0.25, 0.3) is 5.91 Å². The lowest BCUT2D eigenvalue weighted by Crippen LogP contribution is -2.29. The number of nitrogens with one attached hydrogen (secondary N) is 1. The Balaban J connectivity index is 1.42. The normalized spacial score (nSPS) is 14.3. The summed E-state index contributed by atoms with van der Waals surface area (Å²) in [6, 6.07) is 31.2. The number of methoxy groups -OCH3 is 1. The summed E-state index contributed by atoms with van der Waals surface area (Å²) in [6.07, 6.45) is 0. The van der Waals surface area contributed by atoms with Gasteiger partial charge in [-0.15, -0.1) is 0 Å². The van der Waals surface area contributed by atoms with Crippen molar-refractivity contribution in [1.29, 1.82) is 0 Å². The summed E-state index contributed by atoms with van der Waals surface area (Å²) in [6.45, 7) is 2.80. The molecule has 0 saturated heterocycles. The highest BCUT2D eigenvalue weighted by Gasteiger charge is 2.42. The Bertz CT molecular complexity index is 1660. The van der Waals surface area contributed by atoms with Crippen LogP contribution in [0.3, 0.4) is 0 Å². The highest BCUT2D eigenvalue weighted by Crippen LogP contribution is 2.45. The van der Waals surface area contributed by atoms with E-state index < -0.39 is 6.04 Å². The van der Waals surface area contributed by atoms with Crippen molar-refractivity contribution in [2.24, 2.45) is 0 Å². The van der Waals surface area contributed by atoms with Crippen molar-refractivity contribution in [1.82, 2.24) is 15.1 Å². The number of hydrogen-bond donors (Lipinski definition) is 1. The first kappa shape index (κ1) is 25.7. The summed E-state index contributed by atoms with van der Waals surface area (Å²) in [4.78, 5) is 15.7. The third kappa shape index (κ3) is 4.82. The maximum atomic E-state index is 13.8. The van der Waals surface area contributed by atoms with E-state index in [1.54, 1.807) is 7.11 Å². The van der Waals surface area contributed by atoms with E-state index in [0.717, 1.165) is 39.1 Å². The van der Waals surface area contributed by atoms with E-state index in [0.29, 0.717) is 35.4 Å². The fourth-order valence-electron chi connectivity index (χ4n) is 5.16. The molecule has 1 amide bonds. The Labute approximate surface area is 238 Å². The van der Waals surface area contributed by atoms with Crippen LogP contribution in [0.15, 0.2) is 97.1 Å². The Kier molecular flexibility index (Phi) is 7.01. The van der Waals surface area contributed by atoms with Crippen LogP contribution in [-0.2, 0) is 13.2 Å². The zero-order chi connectivity index (χ0) is 27.6. The minimum atomic E-state index is -0.411. The van der Waals surface area contributed by atoms with Crippen LogP contribution >= 0.6 is 11.6 Å². The van der Waals surface area contributed by atoms with Gasteiger partial charge in [-0.25, -0.2) is 0 Å². The number of fused-ring (bicyclic) bond motifs is 1. The van der Waals surface area contributed by atoms with Gasteiger partial charge in [-0.3, -0.25) is 9.89 Å². The fraction of sp³-hybridized carbons (Fsp3) is 0.152. The molecule has 1 aromatic heterocycles. The number of rotatable bonds is 8. The number of H-pyrrole nitrogens is 1. The molecule has 5 aromatic rings. The van der Waals surface area contributed by atoms with Crippen LogP contribution in [0.2, 0.25) is 5.02 Å². The lowest BCUT2D eigenvalue weighted by molar-refractivity contribution is 0.0730. The van der Waals surface area contributed by atoms with Crippen LogP contribution in [0.25, 0.3) is 11.3 Å². The number of carbonyl (C=O) groups is 1. The minimum absolute atomic E-state index is 0.130. The number of nitrogens with zero attached hydrogens (tertiary/aromatic N) is 2. The second kappa shape index (κ2) is 10.9. The first-order valence-electron chi connectivity index (χ1n) is 13.1. The average molecular weight is 550 g/mol. The number of benzene rings is 4. The molecule has 4 aromatic carbocycles. The third-order valence-electron chi connectivity index (χ3n) is 7.23. The summed E-state index contributed by atoms with van der Waals surface area (Å²) >= 11 is 6.53. The van der Waals surface area contributed by atoms with Gasteiger partial charge in [-0.2, -0.15) is 5.10 Å². The lowest BCUT2D eigenvalue weighted by Gasteiger charge is -2.27. The molecule has 1 aliphatic heterocycles. The number of aryl methyl sites for hydroxylation is 1. The number of aromatic amines is 1. The van der Waals surface area contributed by atoms with E-state index >= 15 is 0 Å². The summed E-state index contributed by atoms with van der Waals surface area (Å²) in [7, 11) is 1.62. The Hall–Kier alpha value is -4.55. The van der Waals surface area contributed by atoms with Crippen LogP contribution in [-0.4, -0.2) is 28.1 Å². The molecule has 0 spiro atoms. The molecule has 40 heavy (non-hydrogen) atoms. The van der Waals surface area contributed by atoms with Crippen LogP contribution in [0.4, 0.5) is 0 Å². The van der Waals surface area contributed by atoms with E-state index in [-0.39, 0.29) is 5.91 Å². The van der Waals surface area contributed by atoms with E-state index in [4.69, 9.17) is 21.1 Å². The molecular weight excluding hydrogens is 522 g/mol. The zero-order valence-electron chi connectivity index (χ0n) is 22.2. The molecule has 1 aliphatic rings. The predicted molar refractivity (Wildman–Crippen MR) is 156 cm³/mol. The van der Waals surface area contributed by atoms with Gasteiger partial charge in [-0.05, 0) is 41.8 Å². The monoisotopic (exact) mass is 549 g/mol. The highest BCUT2D eigenvalue weighted by molar-refractivity contribution is 6.31. The Morgan fingerprint density at radius 3 is 2.42 bits per heavy atom. The molecule has 0 fully saturated rings. The SMILES string of the molecule is COc1cc(C2c3c(-c4ccc(C)cc4)n[nH]c3C(=O)N2Cc2ccccc2Cl)ccc1OCc1ccccc1. The number of halogens is 1. The Morgan fingerprint density at radius 2 is 1.68 bits per heavy atom. The maximum Gasteiger partial charge on any atom is 0.273 e. The topological polar surface area (TPSA) is 67.5 Å². The molecule has 0 saturated carbocycles. The van der Waals surface area contributed by atoms with Crippen molar-refractivity contribution in [3.63, 3.8) is 0 Å². The van der Waals surface area contributed by atoms with Crippen molar-refractivity contribution < 1.29 is 14.3 Å². The lowest BCUT2D eigenvalue weighted by atomic mass is 9.95. The molecule has 6 rings (SSSR count). The molecule has 7 heteroatoms. The zero-order valence-corrected chi connectivity index (χ0v) is 23.0. The predicted octanol–water partition coefficient (Wildman–Crippen LogP) is 7.37. The summed E-state index contributed by atoms with van der Waals surface area (Å²) in [5.41, 5.74) is 6.97. The molecule has 0 aliphatic carbocycles. The van der Waals surface area contributed by atoms with E-state index in [1.807, 2.05) is 109 Å². The quantitative estimate of drug-likeness (QED) is 0.219. The molecule has 1 N–H and O–H groups in total. The summed E-state index contributed by atoms with van der Waals surface area (Å²) < 4.78 is 11.9. The molecule has 0 bridgehead atoms. The van der Waals surface area contributed by atoms with Gasteiger partial charge in [0, 0.05) is 22.7 Å². The molecule has 0 radical (unpaired) electrons. The summed E-state index contributed by atoms with van der Waals surface area (Å²) in [5, 5.41) is 8.23. The first-order chi connectivity index (χ1) is 19.5. The number of aromatic nitrogens is 2. The number of carbonyl (C=O) groups excluding carboxylic acids is 1. The average Bonchev–Trinajstić information content (AvgIpc) is 3.53. The number of ether oxygens (including phenoxy) is 2. The first-order valence-corrected chi connectivity index (χ1v) is 13.5. The highest BCUT2D eigenvalue weighted by atomic mass is 35.5. The molecule has 200 valence electrons. The van der Waals surface area contributed by atoms with Gasteiger partial charge in [-0.1, -0.05) is 96.0 Å². The minimum Gasteiger partial charge on any atom is -0.493 e. The van der Waals surface area contributed by atoms with E-state index in [2.05, 4.69) is 10.2 Å². The van der Waals surface area contributed by atoms with Gasteiger partial charge in [0.1, 0.15) is 12.3 Å². The van der Waals surface area contributed by atoms with Crippen molar-refractivity contribution >= 4 is 17.5 Å². The molecule has 2 heterocycles. The second-order valence-electron chi connectivity index (χ2n) is 9.84. The number of hydrogen-bond acceptors (Lipinski definition) is 4. The Morgan fingerprint density at radius 1 is 0.925 bits per heavy atom. The molecule has 6 nitrogen and oxygen atoms in total. The number of amides is 1. The molecule has 1 unspecified atom stereocenters. The van der Waals surface area contributed by atoms with Gasteiger partial charge >= 0.3 is 0 Å². The van der Waals surface area contributed by atoms with Crippen LogP contribution in [0.5, 0.6) is 11.5 Å². The summed E-state index contributed by atoms with van der Waals surface area (Å²) in [5.74, 6) is 1.09. The van der Waals surface area contributed by atoms with E-state index in [1.165, 1.54) is 0 Å². The van der Waals surface area contributed by atoms with Crippen molar-refractivity contribution in [2.45, 2.75) is 26.1 Å². The standard InChI is InChI=1S/C33H28ClN3O3/c1-21-12-14-23(15-13-21)30-29-31(36-35-30)33(38)37(19-25-10-6-7-11-26(25)34)32(29)24-16-17-27(28(18-24)39-2)40-20-22-8-4-3-5-9-22/h3-18,32H,19-20H2,1-2H3,(H,35,36). The van der Waals surface area contributed by atoms with Crippen LogP contribution in [0.1, 0.15) is 44.3 Å². The van der Waals surface area contributed by atoms with Gasteiger partial charge < -0.3 is 14.4 Å². The van der Waals surface area contributed by atoms with Crippen molar-refractivity contribution in [2.75, 3.05) is 7.11 Å². The van der Waals surface area contributed by atoms with Crippen LogP contribution in [0, 0.1) is 6.92 Å². The largest absolute Gasteiger partial charge is 0.493 e. The van der Waals surface area contributed by atoms with Crippen molar-refractivity contribution in [3.8, 4) is 22.8 Å². The van der Waals surface area contributed by atoms with Gasteiger partial charge in [0.2, 0.25) is 0 Å². The smallest absolute Gasteiger partial charge is 0.273 e. The molecular formula is C33H28ClN3O3. The second-order valence-corrected chi connectivity index (χ2v) is 10.2. The third-order valence-corrected chi connectivity index (χ3v) is 7.60. The van der Waals surface area contributed by atoms with Gasteiger partial charge in [0.15, 0.2) is 11.5 Å².